The van der Waals surface area contributed by atoms with E-state index >= 15 is 0 Å². The van der Waals surface area contributed by atoms with Gasteiger partial charge < -0.3 is 14.8 Å². The molecular weight excluding hydrogens is 388 g/mol. The Morgan fingerprint density at radius 2 is 1.94 bits per heavy atom. The molecular formula is C26H36N2O3. The summed E-state index contributed by atoms with van der Waals surface area (Å²) in [6, 6.07) is 10.3. The lowest BCUT2D eigenvalue weighted by atomic mass is 9.85. The fourth-order valence-corrected chi connectivity index (χ4v) is 3.99. The highest BCUT2D eigenvalue weighted by Gasteiger charge is 2.31. The molecule has 1 N–H and O–H groups in total. The molecule has 1 aromatic heterocycles. The SMILES string of the molecule is Cc1ccc(C)c(OCCCC(C)(C)C(=O)N[C@H]2CC[C@H](Oc3cccnc3)CC2)c1. The van der Waals surface area contributed by atoms with Gasteiger partial charge in [-0.05, 0) is 81.7 Å². The Morgan fingerprint density at radius 1 is 1.16 bits per heavy atom. The van der Waals surface area contributed by atoms with Crippen LogP contribution in [0.1, 0.15) is 63.5 Å². The van der Waals surface area contributed by atoms with Gasteiger partial charge in [-0.25, -0.2) is 0 Å². The van der Waals surface area contributed by atoms with Crippen LogP contribution in [0.5, 0.6) is 11.5 Å². The second-order valence-electron chi connectivity index (χ2n) is 9.36. The maximum Gasteiger partial charge on any atom is 0.225 e. The lowest BCUT2D eigenvalue weighted by molar-refractivity contribution is -0.130. The van der Waals surface area contributed by atoms with Gasteiger partial charge in [0.05, 0.1) is 18.9 Å². The summed E-state index contributed by atoms with van der Waals surface area (Å²) in [5, 5.41) is 3.27. The van der Waals surface area contributed by atoms with Gasteiger partial charge in [0.2, 0.25) is 5.91 Å². The first kappa shape index (κ1) is 23.1. The zero-order valence-corrected chi connectivity index (χ0v) is 19.3. The van der Waals surface area contributed by atoms with Crippen LogP contribution in [0.3, 0.4) is 0 Å². The molecule has 5 heteroatoms. The average Bonchev–Trinajstić information content (AvgIpc) is 2.75. The van der Waals surface area contributed by atoms with Crippen molar-refractivity contribution in [3.63, 3.8) is 0 Å². The number of pyridine rings is 1. The van der Waals surface area contributed by atoms with E-state index in [1.807, 2.05) is 26.0 Å². The van der Waals surface area contributed by atoms with Gasteiger partial charge in [0.25, 0.3) is 0 Å². The van der Waals surface area contributed by atoms with Crippen molar-refractivity contribution in [2.24, 2.45) is 5.41 Å². The van der Waals surface area contributed by atoms with Crippen molar-refractivity contribution in [1.29, 1.82) is 0 Å². The summed E-state index contributed by atoms with van der Waals surface area (Å²) in [5.74, 6) is 1.89. The van der Waals surface area contributed by atoms with Crippen LogP contribution in [0.15, 0.2) is 42.7 Å². The number of nitrogens with zero attached hydrogens (tertiary/aromatic N) is 1. The van der Waals surface area contributed by atoms with Gasteiger partial charge in [-0.1, -0.05) is 26.0 Å². The summed E-state index contributed by atoms with van der Waals surface area (Å²) in [4.78, 5) is 17.0. The van der Waals surface area contributed by atoms with Gasteiger partial charge in [-0.15, -0.1) is 0 Å². The molecule has 1 fully saturated rings. The van der Waals surface area contributed by atoms with E-state index in [0.717, 1.165) is 55.6 Å². The third kappa shape index (κ3) is 6.98. The molecule has 1 heterocycles. The zero-order chi connectivity index (χ0) is 22.3. The van der Waals surface area contributed by atoms with Gasteiger partial charge in [-0.3, -0.25) is 9.78 Å². The number of nitrogens with one attached hydrogen (secondary N) is 1. The quantitative estimate of drug-likeness (QED) is 0.548. The molecule has 0 bridgehead atoms. The van der Waals surface area contributed by atoms with Crippen LogP contribution in [0, 0.1) is 19.3 Å². The van der Waals surface area contributed by atoms with Crippen LogP contribution in [-0.4, -0.2) is 29.6 Å². The fraction of sp³-hybridized carbons (Fsp3) is 0.538. The van der Waals surface area contributed by atoms with E-state index in [1.54, 1.807) is 12.4 Å². The number of carbonyl (C=O) groups excluding carboxylic acids is 1. The molecule has 1 saturated carbocycles. The first-order valence-corrected chi connectivity index (χ1v) is 11.4. The lowest BCUT2D eigenvalue weighted by Crippen LogP contribution is -2.45. The van der Waals surface area contributed by atoms with Gasteiger partial charge in [-0.2, -0.15) is 0 Å². The number of aryl methyl sites for hydroxylation is 2. The van der Waals surface area contributed by atoms with Gasteiger partial charge in [0.1, 0.15) is 11.5 Å². The smallest absolute Gasteiger partial charge is 0.225 e. The van der Waals surface area contributed by atoms with E-state index < -0.39 is 5.41 Å². The third-order valence-electron chi connectivity index (χ3n) is 6.11. The Bertz CT molecular complexity index is 843. The van der Waals surface area contributed by atoms with Crippen molar-refractivity contribution >= 4 is 5.91 Å². The number of rotatable bonds is 9. The average molecular weight is 425 g/mol. The maximum atomic E-state index is 12.9. The van der Waals surface area contributed by atoms with E-state index in [9.17, 15) is 4.79 Å². The maximum absolute atomic E-state index is 12.9. The molecule has 31 heavy (non-hydrogen) atoms. The van der Waals surface area contributed by atoms with Crippen LogP contribution in [0.25, 0.3) is 0 Å². The highest BCUT2D eigenvalue weighted by Crippen LogP contribution is 2.27. The molecule has 0 aliphatic heterocycles. The predicted molar refractivity (Wildman–Crippen MR) is 123 cm³/mol. The number of hydrogen-bond acceptors (Lipinski definition) is 4. The molecule has 0 unspecified atom stereocenters. The van der Waals surface area contributed by atoms with Crippen LogP contribution in [0.4, 0.5) is 0 Å². The molecule has 2 aromatic rings. The molecule has 1 aliphatic carbocycles. The van der Waals surface area contributed by atoms with Gasteiger partial charge in [0, 0.05) is 17.7 Å². The van der Waals surface area contributed by atoms with Gasteiger partial charge in [0.15, 0.2) is 0 Å². The molecule has 0 spiro atoms. The van der Waals surface area contributed by atoms with E-state index in [1.165, 1.54) is 5.56 Å². The van der Waals surface area contributed by atoms with Crippen molar-refractivity contribution in [1.82, 2.24) is 10.3 Å². The van der Waals surface area contributed by atoms with Crippen LogP contribution < -0.4 is 14.8 Å². The first-order chi connectivity index (χ1) is 14.8. The predicted octanol–water partition coefficient (Wildman–Crippen LogP) is 5.39. The minimum atomic E-state index is -0.409. The standard InChI is InChI=1S/C26H36N2O3/c1-19-8-9-20(2)24(17-19)30-16-6-14-26(3,4)25(29)28-21-10-12-22(13-11-21)31-23-7-5-15-27-18-23/h5,7-9,15,17-18,21-22H,6,10-14,16H2,1-4H3,(H,28,29)/t21-,22-. The Hall–Kier alpha value is -2.56. The summed E-state index contributed by atoms with van der Waals surface area (Å²) in [6.45, 7) is 8.80. The van der Waals surface area contributed by atoms with Crippen molar-refractivity contribution in [3.05, 3.63) is 53.9 Å². The van der Waals surface area contributed by atoms with Crippen molar-refractivity contribution in [3.8, 4) is 11.5 Å². The fourth-order valence-electron chi connectivity index (χ4n) is 3.99. The van der Waals surface area contributed by atoms with Gasteiger partial charge >= 0.3 is 0 Å². The molecule has 3 rings (SSSR count). The van der Waals surface area contributed by atoms with E-state index in [2.05, 4.69) is 42.3 Å². The normalized spacial score (nSPS) is 19.0. The van der Waals surface area contributed by atoms with E-state index in [-0.39, 0.29) is 18.1 Å². The molecule has 5 nitrogen and oxygen atoms in total. The van der Waals surface area contributed by atoms with E-state index in [0.29, 0.717) is 6.61 Å². The van der Waals surface area contributed by atoms with Crippen LogP contribution in [-0.2, 0) is 4.79 Å². The topological polar surface area (TPSA) is 60.5 Å². The Balaban J connectivity index is 1.37. The molecule has 0 saturated heterocycles. The van der Waals surface area contributed by atoms with Crippen LogP contribution >= 0.6 is 0 Å². The highest BCUT2D eigenvalue weighted by atomic mass is 16.5. The molecule has 1 aliphatic rings. The highest BCUT2D eigenvalue weighted by molar-refractivity contribution is 5.82. The second kappa shape index (κ2) is 10.7. The Kier molecular flexibility index (Phi) is 7.94. The number of benzene rings is 1. The number of carbonyl (C=O) groups is 1. The van der Waals surface area contributed by atoms with Crippen molar-refractivity contribution in [2.75, 3.05) is 6.61 Å². The summed E-state index contributed by atoms with van der Waals surface area (Å²) in [7, 11) is 0. The number of amides is 1. The molecule has 0 radical (unpaired) electrons. The van der Waals surface area contributed by atoms with E-state index in [4.69, 9.17) is 9.47 Å². The minimum Gasteiger partial charge on any atom is -0.493 e. The molecule has 1 aromatic carbocycles. The monoisotopic (exact) mass is 424 g/mol. The number of hydrogen-bond donors (Lipinski definition) is 1. The third-order valence-corrected chi connectivity index (χ3v) is 6.11. The summed E-state index contributed by atoms with van der Waals surface area (Å²) < 4.78 is 12.0. The number of ether oxygens (including phenoxy) is 2. The Labute approximate surface area is 186 Å². The minimum absolute atomic E-state index is 0.135. The first-order valence-electron chi connectivity index (χ1n) is 11.4. The summed E-state index contributed by atoms with van der Waals surface area (Å²) in [6.07, 6.45) is 9.13. The largest absolute Gasteiger partial charge is 0.493 e. The molecule has 0 atom stereocenters. The lowest BCUT2D eigenvalue weighted by Gasteiger charge is -2.32. The Morgan fingerprint density at radius 3 is 2.65 bits per heavy atom. The van der Waals surface area contributed by atoms with Crippen LogP contribution in [0.2, 0.25) is 0 Å². The summed E-state index contributed by atoms with van der Waals surface area (Å²) >= 11 is 0. The van der Waals surface area contributed by atoms with Crippen molar-refractivity contribution in [2.45, 2.75) is 78.4 Å². The second-order valence-corrected chi connectivity index (χ2v) is 9.36. The zero-order valence-electron chi connectivity index (χ0n) is 19.3. The molecule has 168 valence electrons. The number of aromatic nitrogens is 1. The van der Waals surface area contributed by atoms with Crippen molar-refractivity contribution < 1.29 is 14.3 Å². The molecule has 1 amide bonds. The summed E-state index contributed by atoms with van der Waals surface area (Å²) in [5.41, 5.74) is 1.93.